The number of carbonyl (C=O) groups excluding carboxylic acids is 2. The fourth-order valence-corrected chi connectivity index (χ4v) is 2.22. The number of aromatic nitrogens is 2. The third kappa shape index (κ3) is 2.04. The number of halogens is 1. The van der Waals surface area contributed by atoms with Gasteiger partial charge in [-0.15, -0.1) is 0 Å². The SMILES string of the molecule is O=C1Cc2ccccc2C(=O)N1c1cnc(Br)cn1. The lowest BCUT2D eigenvalue weighted by Crippen LogP contribution is -2.43. The molecule has 0 unspecified atom stereocenters. The molecule has 1 aliphatic heterocycles. The van der Waals surface area contributed by atoms with Gasteiger partial charge < -0.3 is 0 Å². The van der Waals surface area contributed by atoms with Crippen LogP contribution >= 0.6 is 15.9 Å². The second-order valence-corrected chi connectivity index (χ2v) is 4.88. The largest absolute Gasteiger partial charge is 0.274 e. The summed E-state index contributed by atoms with van der Waals surface area (Å²) in [5, 5.41) is 0. The number of benzene rings is 1. The summed E-state index contributed by atoms with van der Waals surface area (Å²) in [6, 6.07) is 7.09. The van der Waals surface area contributed by atoms with Crippen LogP contribution in [-0.2, 0) is 11.2 Å². The first-order valence-electron chi connectivity index (χ1n) is 5.59. The van der Waals surface area contributed by atoms with Crippen molar-refractivity contribution in [3.8, 4) is 0 Å². The van der Waals surface area contributed by atoms with Gasteiger partial charge in [0, 0.05) is 5.56 Å². The Bertz CT molecular complexity index is 670. The molecule has 2 heterocycles. The number of carbonyl (C=O) groups is 2. The fraction of sp³-hybridized carbons (Fsp3) is 0.0769. The highest BCUT2D eigenvalue weighted by Gasteiger charge is 2.32. The van der Waals surface area contributed by atoms with Crippen molar-refractivity contribution in [2.45, 2.75) is 6.42 Å². The van der Waals surface area contributed by atoms with E-state index in [1.807, 2.05) is 6.07 Å². The number of hydrogen-bond donors (Lipinski definition) is 0. The molecular weight excluding hydrogens is 310 g/mol. The maximum atomic E-state index is 12.3. The standard InChI is InChI=1S/C13H8BrN3O2/c14-10-6-16-11(7-15-10)17-12(18)5-8-3-1-2-4-9(8)13(17)19/h1-4,6-7H,5H2. The number of amides is 2. The normalized spacial score (nSPS) is 14.5. The first-order chi connectivity index (χ1) is 9.16. The summed E-state index contributed by atoms with van der Waals surface area (Å²) in [6.07, 6.45) is 3.05. The highest BCUT2D eigenvalue weighted by atomic mass is 79.9. The molecule has 0 bridgehead atoms. The van der Waals surface area contributed by atoms with Crippen molar-refractivity contribution in [2.75, 3.05) is 4.90 Å². The third-order valence-corrected chi connectivity index (χ3v) is 3.29. The van der Waals surface area contributed by atoms with E-state index in [1.165, 1.54) is 12.4 Å². The van der Waals surface area contributed by atoms with Gasteiger partial charge in [-0.3, -0.25) is 9.59 Å². The van der Waals surface area contributed by atoms with Crippen LogP contribution in [0.1, 0.15) is 15.9 Å². The lowest BCUT2D eigenvalue weighted by molar-refractivity contribution is -0.117. The van der Waals surface area contributed by atoms with Crippen molar-refractivity contribution >= 4 is 33.6 Å². The molecule has 0 aliphatic carbocycles. The topological polar surface area (TPSA) is 63.2 Å². The number of rotatable bonds is 1. The summed E-state index contributed by atoms with van der Waals surface area (Å²) in [4.78, 5) is 33.5. The van der Waals surface area contributed by atoms with Crippen molar-refractivity contribution in [2.24, 2.45) is 0 Å². The first-order valence-corrected chi connectivity index (χ1v) is 6.39. The molecule has 1 aliphatic rings. The van der Waals surface area contributed by atoms with E-state index in [4.69, 9.17) is 0 Å². The fourth-order valence-electron chi connectivity index (χ4n) is 2.01. The molecule has 19 heavy (non-hydrogen) atoms. The maximum absolute atomic E-state index is 12.3. The number of anilines is 1. The van der Waals surface area contributed by atoms with Gasteiger partial charge in [-0.05, 0) is 27.6 Å². The first kappa shape index (κ1) is 12.0. The van der Waals surface area contributed by atoms with Crippen LogP contribution in [0.4, 0.5) is 5.82 Å². The minimum Gasteiger partial charge on any atom is -0.274 e. The molecule has 6 heteroatoms. The Kier molecular flexibility index (Phi) is 2.87. The van der Waals surface area contributed by atoms with Crippen LogP contribution in [0.15, 0.2) is 41.3 Å². The lowest BCUT2D eigenvalue weighted by atomic mass is 9.99. The summed E-state index contributed by atoms with van der Waals surface area (Å²) in [6.45, 7) is 0. The molecule has 0 spiro atoms. The van der Waals surface area contributed by atoms with E-state index in [0.717, 1.165) is 10.5 Å². The molecule has 0 fully saturated rings. The van der Waals surface area contributed by atoms with E-state index >= 15 is 0 Å². The Balaban J connectivity index is 2.06. The summed E-state index contributed by atoms with van der Waals surface area (Å²) < 4.78 is 0.550. The van der Waals surface area contributed by atoms with Crippen LogP contribution in [0.2, 0.25) is 0 Å². The molecule has 1 aromatic heterocycles. The van der Waals surface area contributed by atoms with E-state index in [2.05, 4.69) is 25.9 Å². The molecule has 0 N–H and O–H groups in total. The van der Waals surface area contributed by atoms with E-state index < -0.39 is 0 Å². The van der Waals surface area contributed by atoms with Crippen LogP contribution in [0.3, 0.4) is 0 Å². The van der Waals surface area contributed by atoms with Gasteiger partial charge in [-0.25, -0.2) is 14.9 Å². The Morgan fingerprint density at radius 3 is 2.63 bits per heavy atom. The molecule has 5 nitrogen and oxygen atoms in total. The van der Waals surface area contributed by atoms with E-state index in [0.29, 0.717) is 10.2 Å². The highest BCUT2D eigenvalue weighted by molar-refractivity contribution is 9.10. The number of fused-ring (bicyclic) bond motifs is 1. The van der Waals surface area contributed by atoms with Crippen LogP contribution in [0.25, 0.3) is 0 Å². The summed E-state index contributed by atoms with van der Waals surface area (Å²) in [5.74, 6) is -0.406. The third-order valence-electron chi connectivity index (χ3n) is 2.88. The quantitative estimate of drug-likeness (QED) is 0.754. The molecule has 0 atom stereocenters. The Labute approximate surface area is 117 Å². The zero-order valence-corrected chi connectivity index (χ0v) is 11.3. The van der Waals surface area contributed by atoms with Crippen molar-refractivity contribution in [1.82, 2.24) is 9.97 Å². The van der Waals surface area contributed by atoms with Crippen LogP contribution < -0.4 is 4.90 Å². The predicted octanol–water partition coefficient (Wildman–Crippen LogP) is 1.97. The van der Waals surface area contributed by atoms with Crippen molar-refractivity contribution in [3.63, 3.8) is 0 Å². The van der Waals surface area contributed by atoms with Crippen LogP contribution in [0.5, 0.6) is 0 Å². The van der Waals surface area contributed by atoms with Crippen molar-refractivity contribution in [3.05, 3.63) is 52.4 Å². The molecule has 0 radical (unpaired) electrons. The molecule has 94 valence electrons. The zero-order chi connectivity index (χ0) is 13.4. The van der Waals surface area contributed by atoms with Gasteiger partial charge in [0.05, 0.1) is 18.8 Å². The predicted molar refractivity (Wildman–Crippen MR) is 71.7 cm³/mol. The Hall–Kier alpha value is -2.08. The van der Waals surface area contributed by atoms with Crippen molar-refractivity contribution < 1.29 is 9.59 Å². The van der Waals surface area contributed by atoms with Crippen molar-refractivity contribution in [1.29, 1.82) is 0 Å². The number of nitrogens with zero attached hydrogens (tertiary/aromatic N) is 3. The highest BCUT2D eigenvalue weighted by Crippen LogP contribution is 2.23. The van der Waals surface area contributed by atoms with Gasteiger partial charge in [0.1, 0.15) is 4.60 Å². The molecule has 2 amide bonds. The molecular formula is C13H8BrN3O2. The van der Waals surface area contributed by atoms with Gasteiger partial charge in [0.25, 0.3) is 5.91 Å². The number of hydrogen-bond acceptors (Lipinski definition) is 4. The van der Waals surface area contributed by atoms with Gasteiger partial charge >= 0.3 is 0 Å². The smallest absolute Gasteiger partial charge is 0.266 e. The molecule has 2 aromatic rings. The molecule has 1 aromatic carbocycles. The Morgan fingerprint density at radius 2 is 1.89 bits per heavy atom. The second-order valence-electron chi connectivity index (χ2n) is 4.07. The second kappa shape index (κ2) is 4.55. The van der Waals surface area contributed by atoms with Crippen LogP contribution in [0, 0.1) is 0 Å². The molecule has 3 rings (SSSR count). The van der Waals surface area contributed by atoms with Gasteiger partial charge in [-0.2, -0.15) is 0 Å². The maximum Gasteiger partial charge on any atom is 0.266 e. The monoisotopic (exact) mass is 317 g/mol. The summed E-state index contributed by atoms with van der Waals surface area (Å²) in [5.41, 5.74) is 1.28. The van der Waals surface area contributed by atoms with Gasteiger partial charge in [-0.1, -0.05) is 18.2 Å². The Morgan fingerprint density at radius 1 is 1.11 bits per heavy atom. The van der Waals surface area contributed by atoms with Gasteiger partial charge in [0.2, 0.25) is 5.91 Å². The summed E-state index contributed by atoms with van der Waals surface area (Å²) in [7, 11) is 0. The van der Waals surface area contributed by atoms with E-state index in [-0.39, 0.29) is 24.1 Å². The average Bonchev–Trinajstić information content (AvgIpc) is 2.41. The minimum absolute atomic E-state index is 0.194. The van der Waals surface area contributed by atoms with Gasteiger partial charge in [0.15, 0.2) is 5.82 Å². The van der Waals surface area contributed by atoms with E-state index in [9.17, 15) is 9.59 Å². The minimum atomic E-state index is -0.358. The average molecular weight is 318 g/mol. The van der Waals surface area contributed by atoms with E-state index in [1.54, 1.807) is 18.2 Å². The summed E-state index contributed by atoms with van der Waals surface area (Å²) >= 11 is 3.16. The molecule has 0 saturated heterocycles. The zero-order valence-electron chi connectivity index (χ0n) is 9.71. The lowest BCUT2D eigenvalue weighted by Gasteiger charge is -2.25. The molecule has 0 saturated carbocycles. The number of imide groups is 1. The van der Waals surface area contributed by atoms with Crippen LogP contribution in [-0.4, -0.2) is 21.8 Å².